The number of benzene rings is 2. The minimum Gasteiger partial charge on any atom is -0.458 e. The number of carbonyl (C=O) groups is 1. The molecule has 0 saturated carbocycles. The SMILES string of the molecule is C=CCOC(=O)C1=C(C)Nc2nc3ccccc3n2[C@H]1c1ccccc1Cl. The van der Waals surface area contributed by atoms with Gasteiger partial charge in [0.2, 0.25) is 5.95 Å². The highest BCUT2D eigenvalue weighted by molar-refractivity contribution is 6.31. The van der Waals surface area contributed by atoms with Crippen LogP contribution >= 0.6 is 11.6 Å². The maximum Gasteiger partial charge on any atom is 0.338 e. The third-order valence-electron chi connectivity index (χ3n) is 4.58. The lowest BCUT2D eigenvalue weighted by Crippen LogP contribution is -2.29. The number of nitrogens with zero attached hydrogens (tertiary/aromatic N) is 2. The van der Waals surface area contributed by atoms with E-state index in [4.69, 9.17) is 16.3 Å². The zero-order valence-electron chi connectivity index (χ0n) is 14.8. The molecule has 5 nitrogen and oxygen atoms in total. The van der Waals surface area contributed by atoms with E-state index in [0.717, 1.165) is 16.6 Å². The Morgan fingerprint density at radius 2 is 2.04 bits per heavy atom. The van der Waals surface area contributed by atoms with Gasteiger partial charge in [-0.2, -0.15) is 0 Å². The maximum atomic E-state index is 12.9. The average Bonchev–Trinajstić information content (AvgIpc) is 3.03. The summed E-state index contributed by atoms with van der Waals surface area (Å²) < 4.78 is 7.36. The largest absolute Gasteiger partial charge is 0.458 e. The lowest BCUT2D eigenvalue weighted by Gasteiger charge is -2.30. The summed E-state index contributed by atoms with van der Waals surface area (Å²) in [5.41, 5.74) is 3.75. The molecule has 3 aromatic rings. The molecule has 0 spiro atoms. The van der Waals surface area contributed by atoms with E-state index in [9.17, 15) is 4.79 Å². The predicted molar refractivity (Wildman–Crippen MR) is 107 cm³/mol. The summed E-state index contributed by atoms with van der Waals surface area (Å²) in [7, 11) is 0. The molecule has 6 heteroatoms. The number of para-hydroxylation sites is 2. The van der Waals surface area contributed by atoms with Gasteiger partial charge in [-0.3, -0.25) is 4.57 Å². The summed E-state index contributed by atoms with van der Waals surface area (Å²) in [6.45, 7) is 5.60. The van der Waals surface area contributed by atoms with E-state index in [2.05, 4.69) is 16.9 Å². The molecule has 1 N–H and O–H groups in total. The van der Waals surface area contributed by atoms with Crippen LogP contribution in [0.1, 0.15) is 18.5 Å². The number of rotatable bonds is 4. The summed E-state index contributed by atoms with van der Waals surface area (Å²) in [4.78, 5) is 17.6. The second-order valence-corrected chi connectivity index (χ2v) is 6.68. The van der Waals surface area contributed by atoms with E-state index in [1.807, 2.05) is 60.0 Å². The highest BCUT2D eigenvalue weighted by Crippen LogP contribution is 2.41. The van der Waals surface area contributed by atoms with Crippen LogP contribution in [-0.2, 0) is 9.53 Å². The van der Waals surface area contributed by atoms with Crippen molar-refractivity contribution in [3.8, 4) is 0 Å². The number of carbonyl (C=O) groups excluding carboxylic acids is 1. The zero-order valence-corrected chi connectivity index (χ0v) is 15.5. The molecule has 0 unspecified atom stereocenters. The topological polar surface area (TPSA) is 56.1 Å². The highest BCUT2D eigenvalue weighted by atomic mass is 35.5. The number of aromatic nitrogens is 2. The zero-order chi connectivity index (χ0) is 19.0. The van der Waals surface area contributed by atoms with Gasteiger partial charge in [-0.15, -0.1) is 0 Å². The summed E-state index contributed by atoms with van der Waals surface area (Å²) in [6, 6.07) is 14.9. The summed E-state index contributed by atoms with van der Waals surface area (Å²) in [6.07, 6.45) is 1.55. The number of halogens is 1. The highest BCUT2D eigenvalue weighted by Gasteiger charge is 2.35. The second-order valence-electron chi connectivity index (χ2n) is 6.27. The first-order valence-electron chi connectivity index (χ1n) is 8.59. The van der Waals surface area contributed by atoms with Gasteiger partial charge in [0.25, 0.3) is 0 Å². The smallest absolute Gasteiger partial charge is 0.338 e. The lowest BCUT2D eigenvalue weighted by molar-refractivity contribution is -0.138. The molecular formula is C21H18ClN3O2. The lowest BCUT2D eigenvalue weighted by atomic mass is 9.95. The van der Waals surface area contributed by atoms with Gasteiger partial charge in [0.15, 0.2) is 0 Å². The van der Waals surface area contributed by atoms with Crippen LogP contribution in [0.25, 0.3) is 11.0 Å². The molecule has 0 aliphatic carbocycles. The molecule has 1 atom stereocenters. The normalized spacial score (nSPS) is 16.0. The summed E-state index contributed by atoms with van der Waals surface area (Å²) >= 11 is 6.52. The molecule has 2 heterocycles. The van der Waals surface area contributed by atoms with Crippen molar-refractivity contribution in [1.29, 1.82) is 0 Å². The van der Waals surface area contributed by atoms with E-state index in [-0.39, 0.29) is 6.61 Å². The Hall–Kier alpha value is -3.05. The number of imidazole rings is 1. The number of fused-ring (bicyclic) bond motifs is 3. The maximum absolute atomic E-state index is 12.9. The van der Waals surface area contributed by atoms with Crippen molar-refractivity contribution < 1.29 is 9.53 Å². The molecule has 0 amide bonds. The quantitative estimate of drug-likeness (QED) is 0.527. The van der Waals surface area contributed by atoms with Gasteiger partial charge in [0.1, 0.15) is 6.61 Å². The molecule has 2 aromatic carbocycles. The Morgan fingerprint density at radius 1 is 1.30 bits per heavy atom. The van der Waals surface area contributed by atoms with E-state index < -0.39 is 12.0 Å². The number of hydrogen-bond donors (Lipinski definition) is 1. The predicted octanol–water partition coefficient (Wildman–Crippen LogP) is 4.71. The minimum absolute atomic E-state index is 0.141. The Kier molecular flexibility index (Phi) is 4.46. The number of ether oxygens (including phenoxy) is 1. The van der Waals surface area contributed by atoms with Crippen molar-refractivity contribution in [2.24, 2.45) is 0 Å². The monoisotopic (exact) mass is 379 g/mol. The van der Waals surface area contributed by atoms with Crippen LogP contribution in [0.2, 0.25) is 5.02 Å². The molecule has 136 valence electrons. The van der Waals surface area contributed by atoms with Gasteiger partial charge in [-0.25, -0.2) is 9.78 Å². The van der Waals surface area contributed by atoms with Crippen molar-refractivity contribution in [3.63, 3.8) is 0 Å². The van der Waals surface area contributed by atoms with Crippen molar-refractivity contribution in [1.82, 2.24) is 9.55 Å². The first-order valence-corrected chi connectivity index (χ1v) is 8.97. The van der Waals surface area contributed by atoms with Gasteiger partial charge in [-0.1, -0.05) is 54.6 Å². The third-order valence-corrected chi connectivity index (χ3v) is 4.93. The Morgan fingerprint density at radius 3 is 2.81 bits per heavy atom. The Balaban J connectivity index is 1.97. The number of anilines is 1. The van der Waals surface area contributed by atoms with Gasteiger partial charge in [0.05, 0.1) is 22.6 Å². The molecule has 0 fully saturated rings. The summed E-state index contributed by atoms with van der Waals surface area (Å²) in [5.74, 6) is 0.257. The Bertz CT molecular complexity index is 1080. The number of allylic oxidation sites excluding steroid dienone is 1. The van der Waals surface area contributed by atoms with Gasteiger partial charge >= 0.3 is 5.97 Å². The molecule has 1 aromatic heterocycles. The molecule has 0 radical (unpaired) electrons. The first-order chi connectivity index (χ1) is 13.1. The second kappa shape index (κ2) is 6.93. The number of hydrogen-bond acceptors (Lipinski definition) is 4. The molecule has 4 rings (SSSR count). The molecule has 0 saturated heterocycles. The van der Waals surface area contributed by atoms with Gasteiger partial charge in [0, 0.05) is 10.7 Å². The Labute approximate surface area is 161 Å². The number of esters is 1. The van der Waals surface area contributed by atoms with Crippen molar-refractivity contribution >= 4 is 34.6 Å². The molecule has 1 aliphatic heterocycles. The van der Waals surface area contributed by atoms with Crippen LogP contribution in [0.4, 0.5) is 5.95 Å². The van der Waals surface area contributed by atoms with Crippen molar-refractivity contribution in [3.05, 3.63) is 83.0 Å². The number of nitrogens with one attached hydrogen (secondary N) is 1. The first kappa shape index (κ1) is 17.4. The minimum atomic E-state index is -0.445. The van der Waals surface area contributed by atoms with E-state index in [0.29, 0.717) is 22.2 Å². The third kappa shape index (κ3) is 2.90. The fourth-order valence-electron chi connectivity index (χ4n) is 3.43. The van der Waals surface area contributed by atoms with E-state index >= 15 is 0 Å². The molecule has 1 aliphatic rings. The van der Waals surface area contributed by atoms with E-state index in [1.54, 1.807) is 6.08 Å². The van der Waals surface area contributed by atoms with Crippen LogP contribution < -0.4 is 5.32 Å². The molecule has 27 heavy (non-hydrogen) atoms. The van der Waals surface area contributed by atoms with Crippen molar-refractivity contribution in [2.75, 3.05) is 11.9 Å². The molecular weight excluding hydrogens is 362 g/mol. The fraction of sp³-hybridized carbons (Fsp3) is 0.143. The fourth-order valence-corrected chi connectivity index (χ4v) is 3.67. The summed E-state index contributed by atoms with van der Waals surface area (Å²) in [5, 5.41) is 3.82. The standard InChI is InChI=1S/C21H18ClN3O2/c1-3-12-27-20(26)18-13(2)23-21-24-16-10-6-7-11-17(16)25(21)19(18)14-8-4-5-9-15(14)22/h3-11,19H,1,12H2,2H3,(H,23,24)/t19-/m0/s1. The molecule has 0 bridgehead atoms. The van der Waals surface area contributed by atoms with Crippen LogP contribution in [0.15, 0.2) is 72.5 Å². The van der Waals surface area contributed by atoms with Crippen molar-refractivity contribution in [2.45, 2.75) is 13.0 Å². The van der Waals surface area contributed by atoms with Crippen LogP contribution in [0.3, 0.4) is 0 Å². The van der Waals surface area contributed by atoms with Gasteiger partial charge in [-0.05, 0) is 30.7 Å². The van der Waals surface area contributed by atoms with Crippen LogP contribution in [0.5, 0.6) is 0 Å². The average molecular weight is 380 g/mol. The van der Waals surface area contributed by atoms with E-state index in [1.165, 1.54) is 0 Å². The van der Waals surface area contributed by atoms with Crippen LogP contribution in [0, 0.1) is 0 Å². The van der Waals surface area contributed by atoms with Gasteiger partial charge < -0.3 is 10.1 Å². The van der Waals surface area contributed by atoms with Crippen LogP contribution in [-0.4, -0.2) is 22.1 Å².